The maximum absolute atomic E-state index is 12.3. The van der Waals surface area contributed by atoms with Crippen molar-refractivity contribution >= 4 is 23.7 Å². The Morgan fingerprint density at radius 2 is 1.75 bits per heavy atom. The van der Waals surface area contributed by atoms with Crippen LogP contribution in [0, 0.1) is 0 Å². The molecule has 1 amide bonds. The number of carbonyl (C=O) groups excluding carboxylic acids is 1. The summed E-state index contributed by atoms with van der Waals surface area (Å²) >= 11 is 5.84. The zero-order valence-electron chi connectivity index (χ0n) is 16.2. The maximum Gasteiger partial charge on any atom is 1.00 e. The van der Waals surface area contributed by atoms with Crippen LogP contribution in [-0.2, 0) is 9.53 Å². The molecule has 0 aliphatic rings. The van der Waals surface area contributed by atoms with Crippen LogP contribution < -0.4 is 29.6 Å². The molecule has 0 bridgehead atoms. The minimum atomic E-state index is -0.999. The number of carboxylic acid groups (broad SMARTS) is 1. The van der Waals surface area contributed by atoms with Crippen LogP contribution in [0.1, 0.15) is 47.5 Å². The minimum absolute atomic E-state index is 0. The van der Waals surface area contributed by atoms with E-state index in [-0.39, 0.29) is 43.6 Å². The predicted octanol–water partition coefficient (Wildman–Crippen LogP) is 1.27. The van der Waals surface area contributed by atoms with Crippen LogP contribution >= 0.6 is 11.6 Å². The molecule has 5 nitrogen and oxygen atoms in total. The van der Waals surface area contributed by atoms with Crippen LogP contribution in [-0.4, -0.2) is 40.3 Å². The average molecular weight is 366 g/mol. The van der Waals surface area contributed by atoms with Crippen molar-refractivity contribution in [2.75, 3.05) is 6.54 Å². The van der Waals surface area contributed by atoms with Gasteiger partial charge in [0.2, 0.25) is 0 Å². The molecule has 0 aliphatic heterocycles. The summed E-state index contributed by atoms with van der Waals surface area (Å²) in [6.07, 6.45) is -0.521. The van der Waals surface area contributed by atoms with Gasteiger partial charge in [-0.25, -0.2) is 4.79 Å². The van der Waals surface area contributed by atoms with Gasteiger partial charge in [-0.1, -0.05) is 23.7 Å². The number of carboxylic acids is 1. The van der Waals surface area contributed by atoms with Crippen molar-refractivity contribution in [3.63, 3.8) is 0 Å². The van der Waals surface area contributed by atoms with E-state index in [1.807, 2.05) is 13.8 Å². The van der Waals surface area contributed by atoms with Gasteiger partial charge in [0.1, 0.15) is 5.60 Å². The van der Waals surface area contributed by atoms with Crippen LogP contribution in [0.15, 0.2) is 24.3 Å². The Morgan fingerprint density at radius 3 is 2.12 bits per heavy atom. The fourth-order valence-corrected chi connectivity index (χ4v) is 2.16. The molecular weight excluding hydrogens is 341 g/mol. The number of aliphatic carboxylic acids is 1. The van der Waals surface area contributed by atoms with Gasteiger partial charge in [0.25, 0.3) is 0 Å². The van der Waals surface area contributed by atoms with Gasteiger partial charge in [0.15, 0.2) is 0 Å². The van der Waals surface area contributed by atoms with Crippen molar-refractivity contribution in [1.82, 2.24) is 4.90 Å². The SMILES string of the molecule is CC(C)N(C[C@@H](C(=O)O)c1ccc(Cl)cc1)C(=O)OC(C)(C)C.[H-].[Na+]. The van der Waals surface area contributed by atoms with E-state index < -0.39 is 23.6 Å². The van der Waals surface area contributed by atoms with E-state index in [1.165, 1.54) is 4.90 Å². The first-order chi connectivity index (χ1) is 10.5. The standard InChI is InChI=1S/C17H24ClNO4.Na.H/c1-11(2)19(16(22)23-17(3,4)5)10-14(15(20)21)12-6-8-13(18)9-7-12;;/h6-9,11,14H,10H2,1-5H3,(H,20,21);;/q;+1;-1/t14-;;/m1../s1. The van der Waals surface area contributed by atoms with E-state index in [2.05, 4.69) is 0 Å². The fraction of sp³-hybridized carbons (Fsp3) is 0.529. The van der Waals surface area contributed by atoms with Gasteiger partial charge in [-0.05, 0) is 52.3 Å². The Hall–Kier alpha value is -0.750. The van der Waals surface area contributed by atoms with Gasteiger partial charge in [0, 0.05) is 17.6 Å². The maximum atomic E-state index is 12.3. The Morgan fingerprint density at radius 1 is 1.25 bits per heavy atom. The van der Waals surface area contributed by atoms with Crippen LogP contribution in [0.4, 0.5) is 4.79 Å². The second-order valence-electron chi connectivity index (χ2n) is 6.67. The quantitative estimate of drug-likeness (QED) is 0.798. The average Bonchev–Trinajstić information content (AvgIpc) is 2.38. The molecule has 0 fully saturated rings. The normalized spacial score (nSPS) is 12.3. The molecule has 0 radical (unpaired) electrons. The number of carbonyl (C=O) groups is 2. The monoisotopic (exact) mass is 365 g/mol. The summed E-state index contributed by atoms with van der Waals surface area (Å²) in [5.41, 5.74) is -0.0421. The van der Waals surface area contributed by atoms with Gasteiger partial charge >= 0.3 is 41.6 Å². The van der Waals surface area contributed by atoms with Gasteiger partial charge in [-0.15, -0.1) is 0 Å². The van der Waals surface area contributed by atoms with E-state index in [1.54, 1.807) is 45.0 Å². The minimum Gasteiger partial charge on any atom is -1.00 e. The molecule has 1 aromatic rings. The van der Waals surface area contributed by atoms with E-state index in [0.717, 1.165) is 0 Å². The molecular formula is C17H25ClNNaO4. The van der Waals surface area contributed by atoms with E-state index in [9.17, 15) is 14.7 Å². The molecule has 7 heteroatoms. The molecule has 0 aromatic heterocycles. The first-order valence-electron chi connectivity index (χ1n) is 7.49. The Balaban J connectivity index is 0. The summed E-state index contributed by atoms with van der Waals surface area (Å²) < 4.78 is 5.37. The first kappa shape index (κ1) is 23.2. The predicted molar refractivity (Wildman–Crippen MR) is 91.0 cm³/mol. The second kappa shape index (κ2) is 9.66. The summed E-state index contributed by atoms with van der Waals surface area (Å²) in [7, 11) is 0. The van der Waals surface area contributed by atoms with Crippen molar-refractivity contribution in [2.24, 2.45) is 0 Å². The molecule has 0 spiro atoms. The zero-order valence-corrected chi connectivity index (χ0v) is 17.9. The van der Waals surface area contributed by atoms with Crippen molar-refractivity contribution in [3.8, 4) is 0 Å². The molecule has 0 saturated carbocycles. The number of hydrogen-bond donors (Lipinski definition) is 1. The number of nitrogens with zero attached hydrogens (tertiary/aromatic N) is 1. The van der Waals surface area contributed by atoms with Crippen molar-refractivity contribution in [3.05, 3.63) is 34.9 Å². The second-order valence-corrected chi connectivity index (χ2v) is 7.11. The zero-order chi connectivity index (χ0) is 17.8. The van der Waals surface area contributed by atoms with Crippen molar-refractivity contribution < 1.29 is 50.4 Å². The molecule has 1 N–H and O–H groups in total. The van der Waals surface area contributed by atoms with Gasteiger partial charge in [0.05, 0.1) is 5.92 Å². The van der Waals surface area contributed by atoms with Gasteiger partial charge in [-0.2, -0.15) is 0 Å². The third-order valence-electron chi connectivity index (χ3n) is 3.20. The summed E-state index contributed by atoms with van der Waals surface area (Å²) in [5.74, 6) is -1.84. The number of rotatable bonds is 5. The summed E-state index contributed by atoms with van der Waals surface area (Å²) in [4.78, 5) is 25.4. The molecule has 0 aliphatic carbocycles. The topological polar surface area (TPSA) is 66.8 Å². The number of halogens is 1. The smallest absolute Gasteiger partial charge is 1.00 e. The Kier molecular flexibility index (Phi) is 9.36. The van der Waals surface area contributed by atoms with Crippen molar-refractivity contribution in [1.29, 1.82) is 0 Å². The largest absolute Gasteiger partial charge is 1.00 e. The first-order valence-corrected chi connectivity index (χ1v) is 7.87. The van der Waals surface area contributed by atoms with E-state index in [4.69, 9.17) is 16.3 Å². The van der Waals surface area contributed by atoms with Crippen molar-refractivity contribution in [2.45, 2.75) is 52.2 Å². The molecule has 0 saturated heterocycles. The number of amides is 1. The fourth-order valence-electron chi connectivity index (χ4n) is 2.03. The van der Waals surface area contributed by atoms with Crippen LogP contribution in [0.3, 0.4) is 0 Å². The molecule has 1 atom stereocenters. The van der Waals surface area contributed by atoms with Crippen LogP contribution in [0.25, 0.3) is 0 Å². The summed E-state index contributed by atoms with van der Waals surface area (Å²) in [6, 6.07) is 6.42. The molecule has 1 rings (SSSR count). The van der Waals surface area contributed by atoms with Crippen LogP contribution in [0.2, 0.25) is 5.02 Å². The van der Waals surface area contributed by atoms with E-state index >= 15 is 0 Å². The number of hydrogen-bond acceptors (Lipinski definition) is 3. The molecule has 24 heavy (non-hydrogen) atoms. The number of benzene rings is 1. The molecule has 130 valence electrons. The Labute approximate surface area is 172 Å². The third-order valence-corrected chi connectivity index (χ3v) is 3.45. The molecule has 1 aromatic carbocycles. The Bertz CT molecular complexity index is 561. The van der Waals surface area contributed by atoms with Crippen LogP contribution in [0.5, 0.6) is 0 Å². The third kappa shape index (κ3) is 7.43. The van der Waals surface area contributed by atoms with Gasteiger partial charge in [-0.3, -0.25) is 4.79 Å². The molecule has 0 heterocycles. The number of ether oxygens (including phenoxy) is 1. The van der Waals surface area contributed by atoms with E-state index in [0.29, 0.717) is 10.6 Å². The van der Waals surface area contributed by atoms with Gasteiger partial charge < -0.3 is 16.2 Å². The summed E-state index contributed by atoms with van der Waals surface area (Å²) in [6.45, 7) is 9.00. The molecule has 0 unspecified atom stereocenters. The summed E-state index contributed by atoms with van der Waals surface area (Å²) in [5, 5.41) is 10.1.